The first-order valence-corrected chi connectivity index (χ1v) is 8.48. The van der Waals surface area contributed by atoms with Crippen LogP contribution < -0.4 is 0 Å². The van der Waals surface area contributed by atoms with Gasteiger partial charge in [0, 0.05) is 37.7 Å². The molecule has 0 radical (unpaired) electrons. The van der Waals surface area contributed by atoms with Crippen molar-refractivity contribution in [2.75, 3.05) is 33.3 Å². The second-order valence-corrected chi connectivity index (χ2v) is 6.44. The normalized spacial score (nSPS) is 16.1. The number of carbonyl (C=O) groups is 1. The molecule has 0 bridgehead atoms. The summed E-state index contributed by atoms with van der Waals surface area (Å²) in [5.41, 5.74) is 1.40. The second-order valence-electron chi connectivity index (χ2n) is 6.04. The third-order valence-corrected chi connectivity index (χ3v) is 4.74. The van der Waals surface area contributed by atoms with Gasteiger partial charge in [-0.1, -0.05) is 17.7 Å². The van der Waals surface area contributed by atoms with E-state index in [9.17, 15) is 9.18 Å². The fraction of sp³-hybridized carbons (Fsp3) is 0.389. The Morgan fingerprint density at radius 1 is 1.20 bits per heavy atom. The Kier molecular flexibility index (Phi) is 5.73. The molecule has 7 heteroatoms. The van der Waals surface area contributed by atoms with E-state index in [1.54, 1.807) is 12.1 Å². The number of halogens is 2. The van der Waals surface area contributed by atoms with E-state index in [1.165, 1.54) is 25.5 Å². The molecule has 0 unspecified atom stereocenters. The van der Waals surface area contributed by atoms with Crippen molar-refractivity contribution in [2.45, 2.75) is 13.1 Å². The van der Waals surface area contributed by atoms with Crippen LogP contribution in [-0.2, 0) is 17.8 Å². The number of hydrogen-bond donors (Lipinski definition) is 0. The van der Waals surface area contributed by atoms with E-state index in [1.807, 2.05) is 0 Å². The third kappa shape index (κ3) is 4.39. The summed E-state index contributed by atoms with van der Waals surface area (Å²) in [6, 6.07) is 6.14. The van der Waals surface area contributed by atoms with Gasteiger partial charge < -0.3 is 9.15 Å². The lowest BCUT2D eigenvalue weighted by Gasteiger charge is -2.34. The highest BCUT2D eigenvalue weighted by atomic mass is 35.5. The predicted octanol–water partition coefficient (Wildman–Crippen LogP) is 3.18. The highest BCUT2D eigenvalue weighted by Crippen LogP contribution is 2.21. The van der Waals surface area contributed by atoms with Crippen LogP contribution in [0.5, 0.6) is 0 Å². The maximum Gasteiger partial charge on any atom is 0.341 e. The maximum absolute atomic E-state index is 13.1. The average molecular weight is 367 g/mol. The molecule has 2 heterocycles. The minimum atomic E-state index is -0.381. The van der Waals surface area contributed by atoms with Gasteiger partial charge in [0.05, 0.1) is 19.9 Å². The summed E-state index contributed by atoms with van der Waals surface area (Å²) in [5, 5.41) is 0.459. The number of esters is 1. The molecule has 0 N–H and O–H groups in total. The topological polar surface area (TPSA) is 45.9 Å². The molecule has 1 aromatic heterocycles. The SMILES string of the molecule is COC(=O)c1ccoc1CN1CCN(Cc2ccc(F)cc2Cl)CC1. The molecule has 0 aliphatic carbocycles. The van der Waals surface area contributed by atoms with Crippen molar-refractivity contribution in [1.29, 1.82) is 0 Å². The van der Waals surface area contributed by atoms with Crippen molar-refractivity contribution >= 4 is 17.6 Å². The zero-order valence-corrected chi connectivity index (χ0v) is 14.8. The van der Waals surface area contributed by atoms with Crippen LogP contribution in [0, 0.1) is 5.82 Å². The highest BCUT2D eigenvalue weighted by Gasteiger charge is 2.22. The predicted molar refractivity (Wildman–Crippen MR) is 92.0 cm³/mol. The Labute approximate surface area is 150 Å². The van der Waals surface area contributed by atoms with E-state index in [0.29, 0.717) is 29.4 Å². The third-order valence-electron chi connectivity index (χ3n) is 4.39. The minimum absolute atomic E-state index is 0.321. The molecule has 1 aromatic carbocycles. The second kappa shape index (κ2) is 7.99. The number of benzene rings is 1. The van der Waals surface area contributed by atoms with E-state index in [2.05, 4.69) is 9.80 Å². The molecule has 5 nitrogen and oxygen atoms in total. The smallest absolute Gasteiger partial charge is 0.341 e. The van der Waals surface area contributed by atoms with E-state index in [0.717, 1.165) is 31.7 Å². The van der Waals surface area contributed by atoms with E-state index in [4.69, 9.17) is 20.8 Å². The maximum atomic E-state index is 13.1. The Hall–Kier alpha value is -1.89. The summed E-state index contributed by atoms with van der Waals surface area (Å²) in [4.78, 5) is 16.2. The van der Waals surface area contributed by atoms with Gasteiger partial charge in [-0.25, -0.2) is 9.18 Å². The lowest BCUT2D eigenvalue weighted by Crippen LogP contribution is -2.45. The van der Waals surface area contributed by atoms with Crippen molar-refractivity contribution in [3.8, 4) is 0 Å². The molecular weight excluding hydrogens is 347 g/mol. The average Bonchev–Trinajstić information content (AvgIpc) is 3.06. The van der Waals surface area contributed by atoms with E-state index < -0.39 is 0 Å². The van der Waals surface area contributed by atoms with Gasteiger partial charge >= 0.3 is 5.97 Å². The summed E-state index contributed by atoms with van der Waals surface area (Å²) in [5.74, 6) is -0.0753. The number of furan rings is 1. The minimum Gasteiger partial charge on any atom is -0.467 e. The first-order chi connectivity index (χ1) is 12.1. The number of piperazine rings is 1. The summed E-state index contributed by atoms with van der Waals surface area (Å²) >= 11 is 6.10. The highest BCUT2D eigenvalue weighted by molar-refractivity contribution is 6.31. The molecule has 1 aliphatic heterocycles. The lowest BCUT2D eigenvalue weighted by atomic mass is 10.2. The molecule has 25 heavy (non-hydrogen) atoms. The summed E-state index contributed by atoms with van der Waals surface area (Å²) in [6.07, 6.45) is 1.51. The number of rotatable bonds is 5. The van der Waals surface area contributed by atoms with Gasteiger partial charge in [-0.3, -0.25) is 9.80 Å². The quantitative estimate of drug-likeness (QED) is 0.760. The summed E-state index contributed by atoms with van der Waals surface area (Å²) < 4.78 is 23.3. The molecule has 1 fully saturated rings. The number of methoxy groups -OCH3 is 1. The molecule has 0 spiro atoms. The van der Waals surface area contributed by atoms with Crippen LogP contribution in [0.15, 0.2) is 34.9 Å². The molecular formula is C18H20ClFN2O3. The summed E-state index contributed by atoms with van der Waals surface area (Å²) in [6.45, 7) is 4.69. The van der Waals surface area contributed by atoms with Crippen LogP contribution in [0.25, 0.3) is 0 Å². The van der Waals surface area contributed by atoms with Crippen molar-refractivity contribution < 1.29 is 18.3 Å². The first kappa shape index (κ1) is 17.9. The zero-order chi connectivity index (χ0) is 17.8. The summed E-state index contributed by atoms with van der Waals surface area (Å²) in [7, 11) is 1.36. The molecule has 1 aliphatic rings. The van der Waals surface area contributed by atoms with Crippen LogP contribution in [0.2, 0.25) is 5.02 Å². The lowest BCUT2D eigenvalue weighted by molar-refractivity contribution is 0.0594. The number of ether oxygens (including phenoxy) is 1. The monoisotopic (exact) mass is 366 g/mol. The van der Waals surface area contributed by atoms with Crippen LogP contribution in [0.3, 0.4) is 0 Å². The van der Waals surface area contributed by atoms with Crippen LogP contribution in [-0.4, -0.2) is 49.1 Å². The fourth-order valence-electron chi connectivity index (χ4n) is 2.95. The first-order valence-electron chi connectivity index (χ1n) is 8.10. The molecule has 0 amide bonds. The van der Waals surface area contributed by atoms with Crippen molar-refractivity contribution in [3.63, 3.8) is 0 Å². The van der Waals surface area contributed by atoms with Gasteiger partial charge in [-0.05, 0) is 23.8 Å². The Balaban J connectivity index is 1.54. The van der Waals surface area contributed by atoms with Crippen molar-refractivity contribution in [2.24, 2.45) is 0 Å². The molecule has 3 rings (SSSR count). The van der Waals surface area contributed by atoms with Crippen molar-refractivity contribution in [3.05, 3.63) is 58.3 Å². The Morgan fingerprint density at radius 2 is 1.88 bits per heavy atom. The van der Waals surface area contributed by atoms with E-state index >= 15 is 0 Å². The van der Waals surface area contributed by atoms with Gasteiger partial charge in [0.25, 0.3) is 0 Å². The van der Waals surface area contributed by atoms with Crippen molar-refractivity contribution in [1.82, 2.24) is 9.80 Å². The standard InChI is InChI=1S/C18H20ClFN2O3/c1-24-18(23)15-4-9-25-17(15)12-22-7-5-21(6-8-22)11-13-2-3-14(20)10-16(13)19/h2-4,9-10H,5-8,11-12H2,1H3. The number of nitrogens with zero attached hydrogens (tertiary/aromatic N) is 2. The molecule has 0 atom stereocenters. The van der Waals surface area contributed by atoms with E-state index in [-0.39, 0.29) is 11.8 Å². The molecule has 134 valence electrons. The molecule has 1 saturated heterocycles. The van der Waals surface area contributed by atoms with Crippen LogP contribution >= 0.6 is 11.6 Å². The Morgan fingerprint density at radius 3 is 2.52 bits per heavy atom. The molecule has 0 saturated carbocycles. The largest absolute Gasteiger partial charge is 0.467 e. The van der Waals surface area contributed by atoms with Gasteiger partial charge in [0.2, 0.25) is 0 Å². The Bertz CT molecular complexity index is 742. The van der Waals surface area contributed by atoms with Crippen LogP contribution in [0.1, 0.15) is 21.7 Å². The van der Waals surface area contributed by atoms with Gasteiger partial charge in [0.1, 0.15) is 17.1 Å². The number of hydrogen-bond acceptors (Lipinski definition) is 5. The zero-order valence-electron chi connectivity index (χ0n) is 14.0. The molecule has 2 aromatic rings. The van der Waals surface area contributed by atoms with Gasteiger partial charge in [-0.15, -0.1) is 0 Å². The van der Waals surface area contributed by atoms with Gasteiger partial charge in [0.15, 0.2) is 0 Å². The number of carbonyl (C=O) groups excluding carboxylic acids is 1. The van der Waals surface area contributed by atoms with Gasteiger partial charge in [-0.2, -0.15) is 0 Å². The fourth-order valence-corrected chi connectivity index (χ4v) is 3.18. The van der Waals surface area contributed by atoms with Crippen LogP contribution in [0.4, 0.5) is 4.39 Å².